The van der Waals surface area contributed by atoms with Crippen LogP contribution in [0.25, 0.3) is 0 Å². The minimum Gasteiger partial charge on any atom is -0.479 e. The Kier molecular flexibility index (Phi) is 2.03. The van der Waals surface area contributed by atoms with Gasteiger partial charge in [0, 0.05) is 5.41 Å². The first-order valence-electron chi connectivity index (χ1n) is 4.86. The van der Waals surface area contributed by atoms with Gasteiger partial charge in [-0.25, -0.2) is 4.79 Å². The molecule has 2 N–H and O–H groups in total. The fraction of sp³-hybridized carbons (Fsp3) is 0.778. The number of carboxylic acid groups (broad SMARTS) is 1. The maximum Gasteiger partial charge on any atom is 0.471 e. The van der Waals surface area contributed by atoms with Crippen molar-refractivity contribution in [2.45, 2.75) is 37.4 Å². The van der Waals surface area contributed by atoms with E-state index in [2.05, 4.69) is 0 Å². The summed E-state index contributed by atoms with van der Waals surface area (Å²) < 4.78 is 36.1. The van der Waals surface area contributed by atoms with Crippen molar-refractivity contribution in [1.29, 1.82) is 0 Å². The molecule has 0 aromatic rings. The van der Waals surface area contributed by atoms with E-state index in [9.17, 15) is 22.8 Å². The van der Waals surface area contributed by atoms with Crippen LogP contribution in [0, 0.1) is 5.41 Å². The second-order valence-electron chi connectivity index (χ2n) is 4.47. The number of carbonyl (C=O) groups excluding carboxylic acids is 1. The summed E-state index contributed by atoms with van der Waals surface area (Å²) in [7, 11) is 0. The van der Waals surface area contributed by atoms with E-state index in [1.165, 1.54) is 0 Å². The average Bonchev–Trinajstić information content (AvgIpc) is 2.73. The zero-order valence-electron chi connectivity index (χ0n) is 8.23. The third-order valence-electron chi connectivity index (χ3n) is 3.64. The summed E-state index contributed by atoms with van der Waals surface area (Å²) in [5.74, 6) is -3.54. The van der Waals surface area contributed by atoms with Crippen LogP contribution in [0.4, 0.5) is 13.2 Å². The average molecular weight is 237 g/mol. The normalized spacial score (nSPS) is 30.7. The van der Waals surface area contributed by atoms with Crippen LogP contribution in [0.15, 0.2) is 0 Å². The highest BCUT2D eigenvalue weighted by Crippen LogP contribution is 2.68. The maximum atomic E-state index is 12.0. The predicted octanol–water partition coefficient (Wildman–Crippen LogP) is 1.06. The Morgan fingerprint density at radius 1 is 1.25 bits per heavy atom. The van der Waals surface area contributed by atoms with Gasteiger partial charge in [0.25, 0.3) is 0 Å². The minimum absolute atomic E-state index is 0.108. The van der Waals surface area contributed by atoms with Crippen LogP contribution in [0.3, 0.4) is 0 Å². The smallest absolute Gasteiger partial charge is 0.471 e. The summed E-state index contributed by atoms with van der Waals surface area (Å²) in [6, 6.07) is 0. The summed E-state index contributed by atoms with van der Waals surface area (Å²) in [5.41, 5.74) is -2.31. The fourth-order valence-electron chi connectivity index (χ4n) is 2.47. The van der Waals surface area contributed by atoms with Crippen LogP contribution in [-0.2, 0) is 9.59 Å². The van der Waals surface area contributed by atoms with Crippen molar-refractivity contribution >= 4 is 11.9 Å². The quantitative estimate of drug-likeness (QED) is 0.754. The molecule has 0 aromatic heterocycles. The van der Waals surface area contributed by atoms with E-state index in [4.69, 9.17) is 5.11 Å². The molecule has 1 spiro atoms. The first-order chi connectivity index (χ1) is 7.24. The third-order valence-corrected chi connectivity index (χ3v) is 3.64. The lowest BCUT2D eigenvalue weighted by Crippen LogP contribution is -2.53. The number of aliphatic carboxylic acids is 1. The van der Waals surface area contributed by atoms with Gasteiger partial charge in [-0.05, 0) is 19.3 Å². The molecular formula is C9H10F3NO3. The van der Waals surface area contributed by atoms with E-state index in [1.54, 1.807) is 5.32 Å². The van der Waals surface area contributed by atoms with E-state index in [0.29, 0.717) is 12.8 Å². The minimum atomic E-state index is -5.03. The van der Waals surface area contributed by atoms with Crippen molar-refractivity contribution in [3.63, 3.8) is 0 Å². The van der Waals surface area contributed by atoms with Crippen molar-refractivity contribution in [3.05, 3.63) is 0 Å². The second-order valence-corrected chi connectivity index (χ2v) is 4.47. The van der Waals surface area contributed by atoms with Crippen LogP contribution in [0.2, 0.25) is 0 Å². The molecule has 0 bridgehead atoms. The van der Waals surface area contributed by atoms with Crippen molar-refractivity contribution in [1.82, 2.24) is 5.32 Å². The van der Waals surface area contributed by atoms with Crippen molar-refractivity contribution in [2.75, 3.05) is 0 Å². The number of carbonyl (C=O) groups is 2. The molecule has 0 aromatic carbocycles. The van der Waals surface area contributed by atoms with Crippen LogP contribution in [0.5, 0.6) is 0 Å². The van der Waals surface area contributed by atoms with Gasteiger partial charge in [0.1, 0.15) is 5.54 Å². The molecule has 1 atom stereocenters. The van der Waals surface area contributed by atoms with Gasteiger partial charge in [0.05, 0.1) is 0 Å². The highest BCUT2D eigenvalue weighted by Gasteiger charge is 2.76. The highest BCUT2D eigenvalue weighted by atomic mass is 19.4. The number of hydrogen-bond acceptors (Lipinski definition) is 2. The third kappa shape index (κ3) is 1.30. The van der Waals surface area contributed by atoms with Gasteiger partial charge in [0.15, 0.2) is 0 Å². The molecule has 2 fully saturated rings. The Morgan fingerprint density at radius 3 is 2.06 bits per heavy atom. The van der Waals surface area contributed by atoms with E-state index in [-0.39, 0.29) is 6.42 Å². The lowest BCUT2D eigenvalue weighted by Gasteiger charge is -2.31. The number of amides is 1. The van der Waals surface area contributed by atoms with E-state index >= 15 is 0 Å². The standard InChI is InChI=1S/C9H10F3NO3/c10-9(11,12)5(14)13-8(6(15)16)4-7(8)2-1-3-7/h1-4H2,(H,13,14)(H,15,16). The zero-order valence-corrected chi connectivity index (χ0v) is 8.23. The van der Waals surface area contributed by atoms with Crippen LogP contribution < -0.4 is 5.32 Å². The summed E-state index contributed by atoms with van der Waals surface area (Å²) in [4.78, 5) is 21.7. The zero-order chi connectivity index (χ0) is 12.2. The second kappa shape index (κ2) is 2.89. The lowest BCUT2D eigenvalue weighted by molar-refractivity contribution is -0.176. The topological polar surface area (TPSA) is 66.4 Å². The Labute approximate surface area is 88.8 Å². The maximum absolute atomic E-state index is 12.0. The molecule has 2 rings (SSSR count). The molecule has 2 saturated carbocycles. The molecule has 2 aliphatic rings. The van der Waals surface area contributed by atoms with Gasteiger partial charge in [-0.1, -0.05) is 6.42 Å². The van der Waals surface area contributed by atoms with Crippen LogP contribution in [0.1, 0.15) is 25.7 Å². The molecule has 4 nitrogen and oxygen atoms in total. The molecule has 1 unspecified atom stereocenters. The molecule has 1 amide bonds. The van der Waals surface area contributed by atoms with Crippen molar-refractivity contribution in [3.8, 4) is 0 Å². The number of alkyl halides is 3. The van der Waals surface area contributed by atoms with Crippen molar-refractivity contribution in [2.24, 2.45) is 5.41 Å². The largest absolute Gasteiger partial charge is 0.479 e. The molecule has 0 heterocycles. The molecule has 0 radical (unpaired) electrons. The summed E-state index contributed by atoms with van der Waals surface area (Å²) in [5, 5.41) is 10.6. The lowest BCUT2D eigenvalue weighted by atomic mass is 9.77. The molecule has 16 heavy (non-hydrogen) atoms. The molecule has 2 aliphatic carbocycles. The van der Waals surface area contributed by atoms with Crippen LogP contribution >= 0.6 is 0 Å². The summed E-state index contributed by atoms with van der Waals surface area (Å²) >= 11 is 0. The van der Waals surface area contributed by atoms with Gasteiger partial charge < -0.3 is 10.4 Å². The van der Waals surface area contributed by atoms with E-state index < -0.39 is 29.0 Å². The monoisotopic (exact) mass is 237 g/mol. The highest BCUT2D eigenvalue weighted by molar-refractivity contribution is 5.93. The summed E-state index contributed by atoms with van der Waals surface area (Å²) in [6.07, 6.45) is -2.99. The number of carboxylic acids is 1. The molecular weight excluding hydrogens is 227 g/mol. The number of hydrogen-bond donors (Lipinski definition) is 2. The molecule has 0 aliphatic heterocycles. The Balaban J connectivity index is 2.13. The number of halogens is 3. The summed E-state index contributed by atoms with van der Waals surface area (Å²) in [6.45, 7) is 0. The van der Waals surface area contributed by atoms with Gasteiger partial charge >= 0.3 is 18.1 Å². The van der Waals surface area contributed by atoms with Gasteiger partial charge in [-0.2, -0.15) is 13.2 Å². The van der Waals surface area contributed by atoms with Gasteiger partial charge in [-0.3, -0.25) is 4.79 Å². The molecule has 90 valence electrons. The van der Waals surface area contributed by atoms with E-state index in [1.807, 2.05) is 0 Å². The van der Waals surface area contributed by atoms with Crippen molar-refractivity contribution < 1.29 is 27.9 Å². The fourth-order valence-corrected chi connectivity index (χ4v) is 2.47. The van der Waals surface area contributed by atoms with Gasteiger partial charge in [-0.15, -0.1) is 0 Å². The Bertz CT molecular complexity index is 362. The van der Waals surface area contributed by atoms with Crippen LogP contribution in [-0.4, -0.2) is 28.7 Å². The van der Waals surface area contributed by atoms with Gasteiger partial charge in [0.2, 0.25) is 0 Å². The number of rotatable bonds is 2. The Hall–Kier alpha value is -1.27. The first-order valence-corrected chi connectivity index (χ1v) is 4.86. The Morgan fingerprint density at radius 2 is 1.81 bits per heavy atom. The SMILES string of the molecule is O=C(NC1(C(=O)O)CC12CCC2)C(F)(F)F. The first kappa shape index (κ1) is 11.2. The number of nitrogens with one attached hydrogen (secondary N) is 1. The van der Waals surface area contributed by atoms with E-state index in [0.717, 1.165) is 6.42 Å². The molecule has 7 heteroatoms. The predicted molar refractivity (Wildman–Crippen MR) is 45.5 cm³/mol. The molecule has 0 saturated heterocycles.